The van der Waals surface area contributed by atoms with Crippen LogP contribution in [0.4, 0.5) is 0 Å². The summed E-state index contributed by atoms with van der Waals surface area (Å²) < 4.78 is 0. The van der Waals surface area contributed by atoms with E-state index in [4.69, 9.17) is 23.2 Å². The van der Waals surface area contributed by atoms with Crippen LogP contribution in [0.1, 0.15) is 17.0 Å². The van der Waals surface area contributed by atoms with Crippen molar-refractivity contribution >= 4 is 35.4 Å². The molecule has 0 N–H and O–H groups in total. The van der Waals surface area contributed by atoms with Crippen LogP contribution in [0.25, 0.3) is 12.2 Å². The van der Waals surface area contributed by atoms with Crippen LogP contribution in [0.5, 0.6) is 0 Å². The summed E-state index contributed by atoms with van der Waals surface area (Å²) in [6.45, 7) is 1.97. The van der Waals surface area contributed by atoms with E-state index in [0.717, 1.165) is 17.0 Å². The number of aromatic nitrogens is 1. The van der Waals surface area contributed by atoms with Crippen molar-refractivity contribution in [1.29, 1.82) is 0 Å². The first-order valence-corrected chi connectivity index (χ1v) is 5.97. The maximum absolute atomic E-state index is 5.94. The van der Waals surface area contributed by atoms with E-state index in [1.807, 2.05) is 49.4 Å². The molecule has 0 aliphatic rings. The lowest BCUT2D eigenvalue weighted by Gasteiger charge is -1.98. The quantitative estimate of drug-likeness (QED) is 0.754. The van der Waals surface area contributed by atoms with Gasteiger partial charge in [-0.3, -0.25) is 4.98 Å². The van der Waals surface area contributed by atoms with Gasteiger partial charge in [0, 0.05) is 5.69 Å². The second-order valence-electron chi connectivity index (χ2n) is 3.71. The molecule has 0 spiro atoms. The van der Waals surface area contributed by atoms with Crippen LogP contribution in [0.2, 0.25) is 10.0 Å². The molecule has 0 saturated carbocycles. The van der Waals surface area contributed by atoms with Crippen molar-refractivity contribution in [2.24, 2.45) is 0 Å². The molecule has 0 amide bonds. The van der Waals surface area contributed by atoms with Gasteiger partial charge in [-0.05, 0) is 42.8 Å². The van der Waals surface area contributed by atoms with E-state index < -0.39 is 0 Å². The molecule has 1 heterocycles. The molecule has 86 valence electrons. The van der Waals surface area contributed by atoms with Crippen molar-refractivity contribution in [3.8, 4) is 0 Å². The first-order valence-electron chi connectivity index (χ1n) is 5.22. The minimum Gasteiger partial charge on any atom is -0.254 e. The summed E-state index contributed by atoms with van der Waals surface area (Å²) in [4.78, 5) is 4.38. The van der Waals surface area contributed by atoms with Crippen LogP contribution in [0.15, 0.2) is 36.4 Å². The monoisotopic (exact) mass is 263 g/mol. The van der Waals surface area contributed by atoms with Gasteiger partial charge in [-0.1, -0.05) is 41.4 Å². The van der Waals surface area contributed by atoms with Crippen LogP contribution in [-0.4, -0.2) is 4.98 Å². The zero-order valence-corrected chi connectivity index (χ0v) is 10.8. The van der Waals surface area contributed by atoms with Crippen molar-refractivity contribution in [3.05, 3.63) is 63.4 Å². The van der Waals surface area contributed by atoms with Crippen LogP contribution < -0.4 is 0 Å². The second-order valence-corrected chi connectivity index (χ2v) is 4.53. The predicted octanol–water partition coefficient (Wildman–Crippen LogP) is 4.87. The lowest BCUT2D eigenvalue weighted by atomic mass is 10.2. The van der Waals surface area contributed by atoms with Crippen molar-refractivity contribution in [2.75, 3.05) is 0 Å². The summed E-state index contributed by atoms with van der Waals surface area (Å²) in [5, 5.41) is 1.13. The van der Waals surface area contributed by atoms with E-state index in [1.165, 1.54) is 0 Å². The van der Waals surface area contributed by atoms with Crippen LogP contribution in [-0.2, 0) is 0 Å². The molecule has 1 nitrogen and oxygen atoms in total. The smallest absolute Gasteiger partial charge is 0.0633 e. The number of hydrogen-bond donors (Lipinski definition) is 0. The number of aryl methyl sites for hydroxylation is 1. The summed E-state index contributed by atoms with van der Waals surface area (Å²) in [5.74, 6) is 0. The molecule has 0 atom stereocenters. The molecule has 0 bridgehead atoms. The minimum absolute atomic E-state index is 0.561. The van der Waals surface area contributed by atoms with Gasteiger partial charge in [0.15, 0.2) is 0 Å². The highest BCUT2D eigenvalue weighted by molar-refractivity contribution is 6.42. The Balaban J connectivity index is 2.23. The molecule has 0 aliphatic heterocycles. The largest absolute Gasteiger partial charge is 0.254 e. The summed E-state index contributed by atoms with van der Waals surface area (Å²) >= 11 is 11.8. The first-order chi connectivity index (χ1) is 8.15. The van der Waals surface area contributed by atoms with Gasteiger partial charge in [-0.15, -0.1) is 0 Å². The second kappa shape index (κ2) is 5.35. The zero-order valence-electron chi connectivity index (χ0n) is 9.32. The Morgan fingerprint density at radius 1 is 1.00 bits per heavy atom. The molecule has 0 saturated heterocycles. The maximum atomic E-state index is 5.94. The molecule has 0 aliphatic carbocycles. The number of benzene rings is 1. The summed E-state index contributed by atoms with van der Waals surface area (Å²) in [7, 11) is 0. The van der Waals surface area contributed by atoms with E-state index in [-0.39, 0.29) is 0 Å². The Morgan fingerprint density at radius 2 is 1.82 bits per heavy atom. The molecular formula is C14H11Cl2N. The fraction of sp³-hybridized carbons (Fsp3) is 0.0714. The van der Waals surface area contributed by atoms with E-state index in [9.17, 15) is 0 Å². The number of nitrogens with zero attached hydrogens (tertiary/aromatic N) is 1. The molecule has 2 rings (SSSR count). The van der Waals surface area contributed by atoms with Crippen molar-refractivity contribution < 1.29 is 0 Å². The van der Waals surface area contributed by atoms with E-state index in [0.29, 0.717) is 10.0 Å². The summed E-state index contributed by atoms with van der Waals surface area (Å²) in [6, 6.07) is 11.4. The number of hydrogen-bond acceptors (Lipinski definition) is 1. The minimum atomic E-state index is 0.561. The summed E-state index contributed by atoms with van der Waals surface area (Å²) in [6.07, 6.45) is 3.91. The van der Waals surface area contributed by atoms with Crippen molar-refractivity contribution in [1.82, 2.24) is 4.98 Å². The molecule has 2 aromatic rings. The average molecular weight is 264 g/mol. The third-order valence-electron chi connectivity index (χ3n) is 2.30. The zero-order chi connectivity index (χ0) is 12.3. The van der Waals surface area contributed by atoms with Gasteiger partial charge < -0.3 is 0 Å². The van der Waals surface area contributed by atoms with Gasteiger partial charge in [0.05, 0.1) is 15.7 Å². The highest BCUT2D eigenvalue weighted by atomic mass is 35.5. The molecule has 17 heavy (non-hydrogen) atoms. The molecule has 0 unspecified atom stereocenters. The Morgan fingerprint density at radius 3 is 2.53 bits per heavy atom. The van der Waals surface area contributed by atoms with E-state index in [2.05, 4.69) is 4.98 Å². The first kappa shape index (κ1) is 12.2. The normalized spacial score (nSPS) is 11.0. The van der Waals surface area contributed by atoms with E-state index in [1.54, 1.807) is 6.07 Å². The molecule has 0 fully saturated rings. The van der Waals surface area contributed by atoms with Gasteiger partial charge >= 0.3 is 0 Å². The summed E-state index contributed by atoms with van der Waals surface area (Å²) in [5.41, 5.74) is 2.93. The highest BCUT2D eigenvalue weighted by Crippen LogP contribution is 2.23. The van der Waals surface area contributed by atoms with Crippen molar-refractivity contribution in [2.45, 2.75) is 6.92 Å². The van der Waals surface area contributed by atoms with Gasteiger partial charge in [-0.25, -0.2) is 0 Å². The molecular weight excluding hydrogens is 253 g/mol. The Hall–Kier alpha value is -1.31. The molecule has 1 aromatic heterocycles. The maximum Gasteiger partial charge on any atom is 0.0633 e. The fourth-order valence-corrected chi connectivity index (χ4v) is 1.76. The third kappa shape index (κ3) is 3.32. The van der Waals surface area contributed by atoms with E-state index >= 15 is 0 Å². The van der Waals surface area contributed by atoms with Crippen LogP contribution in [0.3, 0.4) is 0 Å². The van der Waals surface area contributed by atoms with Gasteiger partial charge in [-0.2, -0.15) is 0 Å². The number of pyridine rings is 1. The van der Waals surface area contributed by atoms with Gasteiger partial charge in [0.1, 0.15) is 0 Å². The standard InChI is InChI=1S/C14H11Cl2N/c1-10-3-2-4-12(17-10)7-5-11-6-8-13(15)14(16)9-11/h2-9H,1H3/b7-5+. The third-order valence-corrected chi connectivity index (χ3v) is 3.04. The Kier molecular flexibility index (Phi) is 3.82. The Labute approximate surface area is 111 Å². The molecule has 0 radical (unpaired) electrons. The van der Waals surface area contributed by atoms with Crippen LogP contribution >= 0.6 is 23.2 Å². The van der Waals surface area contributed by atoms with Gasteiger partial charge in [0.25, 0.3) is 0 Å². The fourth-order valence-electron chi connectivity index (χ4n) is 1.45. The lowest BCUT2D eigenvalue weighted by Crippen LogP contribution is -1.83. The highest BCUT2D eigenvalue weighted by Gasteiger charge is 1.96. The van der Waals surface area contributed by atoms with Crippen LogP contribution in [0, 0.1) is 6.92 Å². The topological polar surface area (TPSA) is 12.9 Å². The Bertz CT molecular complexity index is 562. The molecule has 1 aromatic carbocycles. The SMILES string of the molecule is Cc1cccc(/C=C/c2ccc(Cl)c(Cl)c2)n1. The van der Waals surface area contributed by atoms with Crippen molar-refractivity contribution in [3.63, 3.8) is 0 Å². The average Bonchev–Trinajstić information content (AvgIpc) is 2.31. The molecule has 3 heteroatoms. The number of rotatable bonds is 2. The lowest BCUT2D eigenvalue weighted by molar-refractivity contribution is 1.18. The number of halogens is 2. The van der Waals surface area contributed by atoms with Gasteiger partial charge in [0.2, 0.25) is 0 Å². The predicted molar refractivity (Wildman–Crippen MR) is 74.4 cm³/mol.